The van der Waals surface area contributed by atoms with Gasteiger partial charge in [0, 0.05) is 37.0 Å². The molecule has 3 N–H and O–H groups in total. The van der Waals surface area contributed by atoms with E-state index in [2.05, 4.69) is 10.2 Å². The molecule has 0 fully saturated rings. The lowest BCUT2D eigenvalue weighted by atomic mass is 10.0. The van der Waals surface area contributed by atoms with Gasteiger partial charge in [0.15, 0.2) is 0 Å². The number of carbonyl (C=O) groups excluding carboxylic acids is 2. The Morgan fingerprint density at radius 3 is 2.09 bits per heavy atom. The van der Waals surface area contributed by atoms with Gasteiger partial charge < -0.3 is 20.7 Å². The van der Waals surface area contributed by atoms with Crippen molar-refractivity contribution in [3.05, 3.63) is 65.7 Å². The van der Waals surface area contributed by atoms with Crippen molar-refractivity contribution in [1.29, 1.82) is 0 Å². The van der Waals surface area contributed by atoms with Gasteiger partial charge in [0.2, 0.25) is 5.91 Å². The van der Waals surface area contributed by atoms with Gasteiger partial charge in [-0.15, -0.1) is 35.6 Å². The summed E-state index contributed by atoms with van der Waals surface area (Å²) in [5.41, 5.74) is 8.93. The molecule has 0 radical (unpaired) electrons. The Morgan fingerprint density at radius 2 is 1.55 bits per heavy atom. The van der Waals surface area contributed by atoms with E-state index >= 15 is 0 Å². The Labute approximate surface area is 212 Å². The monoisotopic (exact) mass is 515 g/mol. The average molecular weight is 517 g/mol. The quantitative estimate of drug-likeness (QED) is 0.314. The van der Waals surface area contributed by atoms with E-state index in [4.69, 9.17) is 33.7 Å². The third kappa shape index (κ3) is 9.80. The second kappa shape index (κ2) is 15.8. The van der Waals surface area contributed by atoms with Gasteiger partial charge in [-0.1, -0.05) is 42.5 Å². The van der Waals surface area contributed by atoms with Crippen molar-refractivity contribution in [2.45, 2.75) is 31.8 Å². The molecule has 2 rings (SSSR count). The molecule has 182 valence electrons. The number of carbonyl (C=O) groups is 2. The Kier molecular flexibility index (Phi) is 13.9. The number of halogens is 3. The van der Waals surface area contributed by atoms with Crippen LogP contribution in [0.3, 0.4) is 0 Å². The summed E-state index contributed by atoms with van der Waals surface area (Å²) in [7, 11) is 0. The SMILES string of the molecule is CCOC(=O)[C@H](Cc1ccc(N(CCCl)CCCl)cc1)NC(=O)[C@@H](N)Cc1ccccc1.Cl. The van der Waals surface area contributed by atoms with Crippen molar-refractivity contribution in [3.8, 4) is 0 Å². The number of nitrogens with one attached hydrogen (secondary N) is 1. The van der Waals surface area contributed by atoms with E-state index in [0.29, 0.717) is 37.7 Å². The number of hydrogen-bond donors (Lipinski definition) is 2. The fourth-order valence-electron chi connectivity index (χ4n) is 3.33. The zero-order chi connectivity index (χ0) is 23.3. The molecule has 2 aromatic rings. The standard InChI is InChI=1S/C24H31Cl2N3O3.ClH/c1-2-32-24(31)22(28-23(30)21(27)16-18-6-4-3-5-7-18)17-19-8-10-20(11-9-19)29(14-12-25)15-13-26;/h3-11,21-22H,2,12-17,27H2,1H3,(H,28,30);1H/t21-,22-;/m0./s1. The van der Waals surface area contributed by atoms with Crippen molar-refractivity contribution in [3.63, 3.8) is 0 Å². The minimum Gasteiger partial charge on any atom is -0.464 e. The minimum absolute atomic E-state index is 0. The van der Waals surface area contributed by atoms with Gasteiger partial charge in [-0.25, -0.2) is 4.79 Å². The van der Waals surface area contributed by atoms with E-state index in [1.807, 2.05) is 54.6 Å². The predicted octanol–water partition coefficient (Wildman–Crippen LogP) is 3.55. The third-order valence-corrected chi connectivity index (χ3v) is 5.31. The normalized spacial score (nSPS) is 12.2. The number of rotatable bonds is 13. The fraction of sp³-hybridized carbons (Fsp3) is 0.417. The highest BCUT2D eigenvalue weighted by molar-refractivity contribution is 6.18. The molecule has 0 aliphatic heterocycles. The van der Waals surface area contributed by atoms with E-state index in [9.17, 15) is 9.59 Å². The Bertz CT molecular complexity index is 832. The van der Waals surface area contributed by atoms with Crippen molar-refractivity contribution in [1.82, 2.24) is 5.32 Å². The summed E-state index contributed by atoms with van der Waals surface area (Å²) < 4.78 is 5.17. The van der Waals surface area contributed by atoms with Crippen LogP contribution < -0.4 is 16.0 Å². The van der Waals surface area contributed by atoms with Gasteiger partial charge >= 0.3 is 5.97 Å². The highest BCUT2D eigenvalue weighted by Gasteiger charge is 2.25. The second-order valence-corrected chi connectivity index (χ2v) is 8.10. The van der Waals surface area contributed by atoms with Crippen LogP contribution in [0, 0.1) is 0 Å². The first-order valence-electron chi connectivity index (χ1n) is 10.7. The second-order valence-electron chi connectivity index (χ2n) is 7.35. The molecular formula is C24H32Cl3N3O3. The molecule has 0 saturated carbocycles. The Balaban J connectivity index is 0.00000544. The highest BCUT2D eigenvalue weighted by Crippen LogP contribution is 2.17. The summed E-state index contributed by atoms with van der Waals surface area (Å²) in [4.78, 5) is 27.3. The van der Waals surface area contributed by atoms with Gasteiger partial charge in [0.25, 0.3) is 0 Å². The van der Waals surface area contributed by atoms with Crippen LogP contribution in [-0.4, -0.2) is 55.4 Å². The molecule has 6 nitrogen and oxygen atoms in total. The maximum absolute atomic E-state index is 12.7. The molecular weight excluding hydrogens is 485 g/mol. The van der Waals surface area contributed by atoms with E-state index in [1.165, 1.54) is 0 Å². The molecule has 33 heavy (non-hydrogen) atoms. The highest BCUT2D eigenvalue weighted by atomic mass is 35.5. The first-order chi connectivity index (χ1) is 15.5. The average Bonchev–Trinajstić information content (AvgIpc) is 2.79. The smallest absolute Gasteiger partial charge is 0.328 e. The Hall–Kier alpha value is -1.99. The summed E-state index contributed by atoms with van der Waals surface area (Å²) in [5, 5.41) is 2.76. The zero-order valence-corrected chi connectivity index (χ0v) is 21.0. The topological polar surface area (TPSA) is 84.7 Å². The van der Waals surface area contributed by atoms with Gasteiger partial charge in [-0.3, -0.25) is 4.79 Å². The van der Waals surface area contributed by atoms with Crippen LogP contribution >= 0.6 is 35.6 Å². The Morgan fingerprint density at radius 1 is 0.970 bits per heavy atom. The number of nitrogens with two attached hydrogens (primary N) is 1. The third-order valence-electron chi connectivity index (χ3n) is 4.97. The fourth-order valence-corrected chi connectivity index (χ4v) is 3.74. The van der Waals surface area contributed by atoms with Crippen molar-refractivity contribution >= 4 is 53.2 Å². The summed E-state index contributed by atoms with van der Waals surface area (Å²) in [6.07, 6.45) is 0.682. The van der Waals surface area contributed by atoms with Gasteiger partial charge in [0.05, 0.1) is 12.6 Å². The maximum Gasteiger partial charge on any atom is 0.328 e. The molecule has 0 aromatic heterocycles. The number of ether oxygens (including phenoxy) is 1. The zero-order valence-electron chi connectivity index (χ0n) is 18.7. The summed E-state index contributed by atoms with van der Waals surface area (Å²) in [5.74, 6) is 0.124. The van der Waals surface area contributed by atoms with Crippen LogP contribution in [0.5, 0.6) is 0 Å². The van der Waals surface area contributed by atoms with Crippen molar-refractivity contribution in [2.24, 2.45) is 5.73 Å². The molecule has 0 heterocycles. The number of nitrogens with zero attached hydrogens (tertiary/aromatic N) is 1. The molecule has 2 aromatic carbocycles. The van der Waals surface area contributed by atoms with E-state index in [-0.39, 0.29) is 24.9 Å². The molecule has 0 unspecified atom stereocenters. The minimum atomic E-state index is -0.822. The van der Waals surface area contributed by atoms with Crippen molar-refractivity contribution in [2.75, 3.05) is 36.4 Å². The number of alkyl halides is 2. The summed E-state index contributed by atoms with van der Waals surface area (Å²) >= 11 is 11.8. The van der Waals surface area contributed by atoms with E-state index < -0.39 is 18.1 Å². The van der Waals surface area contributed by atoms with Gasteiger partial charge in [0.1, 0.15) is 6.04 Å². The summed E-state index contributed by atoms with van der Waals surface area (Å²) in [6.45, 7) is 3.34. The number of anilines is 1. The van der Waals surface area contributed by atoms with Crippen molar-refractivity contribution < 1.29 is 14.3 Å². The van der Waals surface area contributed by atoms with Crippen LogP contribution in [0.2, 0.25) is 0 Å². The number of amides is 1. The molecule has 9 heteroatoms. The van der Waals surface area contributed by atoms with E-state index in [1.54, 1.807) is 6.92 Å². The largest absolute Gasteiger partial charge is 0.464 e. The summed E-state index contributed by atoms with van der Waals surface area (Å²) in [6, 6.07) is 15.7. The lowest BCUT2D eigenvalue weighted by molar-refractivity contribution is -0.147. The molecule has 0 saturated heterocycles. The van der Waals surface area contributed by atoms with Gasteiger partial charge in [-0.2, -0.15) is 0 Å². The van der Waals surface area contributed by atoms with Crippen LogP contribution in [0.25, 0.3) is 0 Å². The van der Waals surface area contributed by atoms with E-state index in [0.717, 1.165) is 16.8 Å². The molecule has 0 spiro atoms. The lowest BCUT2D eigenvalue weighted by Crippen LogP contribution is -2.50. The molecule has 2 atom stereocenters. The van der Waals surface area contributed by atoms with Crippen LogP contribution in [0.4, 0.5) is 5.69 Å². The first-order valence-corrected chi connectivity index (χ1v) is 11.8. The molecule has 0 bridgehead atoms. The number of benzene rings is 2. The molecule has 0 aliphatic rings. The predicted molar refractivity (Wildman–Crippen MR) is 138 cm³/mol. The molecule has 0 aliphatic carbocycles. The molecule has 1 amide bonds. The van der Waals surface area contributed by atoms with Gasteiger partial charge in [-0.05, 0) is 36.6 Å². The van der Waals surface area contributed by atoms with Crippen LogP contribution in [0.1, 0.15) is 18.1 Å². The maximum atomic E-state index is 12.7. The number of hydrogen-bond acceptors (Lipinski definition) is 5. The first kappa shape index (κ1) is 29.0. The van der Waals surface area contributed by atoms with Crippen LogP contribution in [0.15, 0.2) is 54.6 Å². The number of esters is 1. The lowest BCUT2D eigenvalue weighted by Gasteiger charge is -2.23. The van der Waals surface area contributed by atoms with Crippen LogP contribution in [-0.2, 0) is 27.2 Å².